The number of hydrogen-bond donors (Lipinski definition) is 2. The third kappa shape index (κ3) is 2.59. The van der Waals surface area contributed by atoms with Crippen LogP contribution in [0.4, 0.5) is 0 Å². The van der Waals surface area contributed by atoms with E-state index in [1.54, 1.807) is 12.1 Å². The lowest BCUT2D eigenvalue weighted by Gasteiger charge is -2.07. The van der Waals surface area contributed by atoms with Crippen LogP contribution in [-0.4, -0.2) is 18.0 Å². The molecule has 1 aliphatic heterocycles. The summed E-state index contributed by atoms with van der Waals surface area (Å²) in [4.78, 5) is 12.1. The zero-order chi connectivity index (χ0) is 13.9. The Morgan fingerprint density at radius 3 is 2.85 bits per heavy atom. The normalized spacial score (nSPS) is 13.2. The van der Waals surface area contributed by atoms with Crippen LogP contribution in [0.15, 0.2) is 48.5 Å². The molecule has 1 amide bonds. The molecule has 2 aromatic carbocycles. The van der Waals surface area contributed by atoms with Crippen LogP contribution in [0.3, 0.4) is 0 Å². The lowest BCUT2D eigenvalue weighted by molar-refractivity contribution is 0.0951. The van der Waals surface area contributed by atoms with E-state index in [9.17, 15) is 9.82 Å². The maximum Gasteiger partial charge on any atom is 0.491 e. The topological polar surface area (TPSA) is 58.6 Å². The molecule has 0 saturated heterocycles. The first-order valence-corrected chi connectivity index (χ1v) is 6.48. The van der Waals surface area contributed by atoms with Gasteiger partial charge in [-0.2, -0.15) is 0 Å². The Bertz CT molecular complexity index is 630. The summed E-state index contributed by atoms with van der Waals surface area (Å²) in [7, 11) is -0.924. The van der Waals surface area contributed by atoms with Crippen LogP contribution in [0.25, 0.3) is 0 Å². The summed E-state index contributed by atoms with van der Waals surface area (Å²) in [6, 6.07) is 15.0. The van der Waals surface area contributed by atoms with Crippen molar-refractivity contribution < 1.29 is 14.5 Å². The molecular formula is C15H14BNO3. The molecule has 2 N–H and O–H groups in total. The summed E-state index contributed by atoms with van der Waals surface area (Å²) in [5.74, 6) is -0.157. The van der Waals surface area contributed by atoms with E-state index in [2.05, 4.69) is 5.32 Å². The van der Waals surface area contributed by atoms with Crippen molar-refractivity contribution in [2.24, 2.45) is 0 Å². The number of hydrogen-bond acceptors (Lipinski definition) is 3. The molecular weight excluding hydrogens is 253 g/mol. The highest BCUT2D eigenvalue weighted by Crippen LogP contribution is 2.11. The molecule has 4 nitrogen and oxygen atoms in total. The van der Waals surface area contributed by atoms with Gasteiger partial charge < -0.3 is 15.0 Å². The van der Waals surface area contributed by atoms with Gasteiger partial charge in [0.05, 0.1) is 6.61 Å². The van der Waals surface area contributed by atoms with E-state index in [1.165, 1.54) is 0 Å². The molecule has 0 fully saturated rings. The van der Waals surface area contributed by atoms with Gasteiger partial charge in [0.15, 0.2) is 0 Å². The molecule has 0 radical (unpaired) electrons. The maximum atomic E-state index is 12.1. The summed E-state index contributed by atoms with van der Waals surface area (Å²) < 4.78 is 5.11. The van der Waals surface area contributed by atoms with E-state index in [0.29, 0.717) is 24.2 Å². The third-order valence-corrected chi connectivity index (χ3v) is 3.37. The first-order valence-electron chi connectivity index (χ1n) is 6.48. The maximum absolute atomic E-state index is 12.1. The van der Waals surface area contributed by atoms with Crippen LogP contribution in [-0.2, 0) is 17.8 Å². The van der Waals surface area contributed by atoms with Gasteiger partial charge in [-0.3, -0.25) is 4.79 Å². The fourth-order valence-corrected chi connectivity index (χ4v) is 2.24. The number of carbonyl (C=O) groups excluding carboxylic acids is 1. The minimum absolute atomic E-state index is 0.157. The third-order valence-electron chi connectivity index (χ3n) is 3.37. The van der Waals surface area contributed by atoms with Crippen molar-refractivity contribution in [1.29, 1.82) is 0 Å². The van der Waals surface area contributed by atoms with Gasteiger partial charge >= 0.3 is 7.12 Å². The van der Waals surface area contributed by atoms with Gasteiger partial charge in [0, 0.05) is 12.1 Å². The highest BCUT2D eigenvalue weighted by Gasteiger charge is 2.27. The second kappa shape index (κ2) is 5.49. The molecule has 20 heavy (non-hydrogen) atoms. The van der Waals surface area contributed by atoms with Gasteiger partial charge in [-0.15, -0.1) is 0 Å². The molecule has 5 heteroatoms. The monoisotopic (exact) mass is 267 g/mol. The predicted molar refractivity (Wildman–Crippen MR) is 76.5 cm³/mol. The van der Waals surface area contributed by atoms with Gasteiger partial charge in [0.1, 0.15) is 0 Å². The van der Waals surface area contributed by atoms with Gasteiger partial charge in [-0.05, 0) is 28.7 Å². The smallest absolute Gasteiger partial charge is 0.423 e. The van der Waals surface area contributed by atoms with Crippen LogP contribution in [0.1, 0.15) is 21.5 Å². The van der Waals surface area contributed by atoms with Gasteiger partial charge in [-0.25, -0.2) is 0 Å². The Morgan fingerprint density at radius 2 is 2.05 bits per heavy atom. The molecule has 2 aromatic rings. The van der Waals surface area contributed by atoms with E-state index in [1.807, 2.05) is 36.4 Å². The molecule has 0 saturated carbocycles. The second-order valence-corrected chi connectivity index (χ2v) is 4.75. The van der Waals surface area contributed by atoms with Crippen molar-refractivity contribution in [2.45, 2.75) is 13.2 Å². The van der Waals surface area contributed by atoms with Crippen LogP contribution >= 0.6 is 0 Å². The van der Waals surface area contributed by atoms with Crippen molar-refractivity contribution in [3.63, 3.8) is 0 Å². The number of rotatable bonds is 3. The lowest BCUT2D eigenvalue weighted by Crippen LogP contribution is -2.30. The summed E-state index contributed by atoms with van der Waals surface area (Å²) in [5, 5.41) is 12.5. The van der Waals surface area contributed by atoms with Gasteiger partial charge in [0.2, 0.25) is 0 Å². The van der Waals surface area contributed by atoms with E-state index >= 15 is 0 Å². The summed E-state index contributed by atoms with van der Waals surface area (Å²) in [5.41, 5.74) is 3.18. The quantitative estimate of drug-likeness (QED) is 0.810. The highest BCUT2D eigenvalue weighted by molar-refractivity contribution is 6.61. The Labute approximate surface area is 117 Å². The molecule has 0 aliphatic carbocycles. The molecule has 0 unspecified atom stereocenters. The molecule has 0 aromatic heterocycles. The minimum atomic E-state index is -0.924. The van der Waals surface area contributed by atoms with Crippen LogP contribution in [0.5, 0.6) is 0 Å². The number of benzene rings is 2. The Kier molecular flexibility index (Phi) is 3.54. The van der Waals surface area contributed by atoms with Crippen LogP contribution in [0, 0.1) is 0 Å². The van der Waals surface area contributed by atoms with E-state index < -0.39 is 7.12 Å². The van der Waals surface area contributed by atoms with E-state index in [4.69, 9.17) is 4.65 Å². The molecule has 3 rings (SSSR count). The SMILES string of the molecule is O=C(NCc1ccccc1)c1ccc2c(c1)B(O)OC2. The minimum Gasteiger partial charge on any atom is -0.423 e. The van der Waals surface area contributed by atoms with Gasteiger partial charge in [-0.1, -0.05) is 36.4 Å². The zero-order valence-corrected chi connectivity index (χ0v) is 10.9. The number of amides is 1. The fourth-order valence-electron chi connectivity index (χ4n) is 2.24. The van der Waals surface area contributed by atoms with E-state index in [-0.39, 0.29) is 5.91 Å². The summed E-state index contributed by atoms with van der Waals surface area (Å²) in [6.45, 7) is 0.873. The first kappa shape index (κ1) is 12.9. The Morgan fingerprint density at radius 1 is 1.25 bits per heavy atom. The highest BCUT2D eigenvalue weighted by atomic mass is 16.5. The summed E-state index contributed by atoms with van der Waals surface area (Å²) >= 11 is 0. The van der Waals surface area contributed by atoms with Crippen molar-refractivity contribution in [2.75, 3.05) is 0 Å². The first-order chi connectivity index (χ1) is 9.74. The average molecular weight is 267 g/mol. The zero-order valence-electron chi connectivity index (χ0n) is 10.9. The molecule has 1 heterocycles. The lowest BCUT2D eigenvalue weighted by atomic mass is 9.79. The number of nitrogens with one attached hydrogen (secondary N) is 1. The Hall–Kier alpha value is -2.11. The molecule has 0 atom stereocenters. The molecule has 0 spiro atoms. The van der Waals surface area contributed by atoms with Crippen molar-refractivity contribution in [3.8, 4) is 0 Å². The molecule has 1 aliphatic rings. The fraction of sp³-hybridized carbons (Fsp3) is 0.133. The summed E-state index contributed by atoms with van der Waals surface area (Å²) in [6.07, 6.45) is 0. The van der Waals surface area contributed by atoms with Crippen molar-refractivity contribution >= 4 is 18.5 Å². The van der Waals surface area contributed by atoms with Crippen molar-refractivity contribution in [1.82, 2.24) is 5.32 Å². The molecule has 100 valence electrons. The van der Waals surface area contributed by atoms with Crippen LogP contribution in [0.2, 0.25) is 0 Å². The standard InChI is InChI=1S/C15H14BNO3/c18-15(17-9-11-4-2-1-3-5-11)12-6-7-13-10-20-16(19)14(13)8-12/h1-8,19H,9-10H2,(H,17,18). The largest absolute Gasteiger partial charge is 0.491 e. The average Bonchev–Trinajstić information content (AvgIpc) is 2.87. The van der Waals surface area contributed by atoms with Crippen LogP contribution < -0.4 is 10.8 Å². The predicted octanol–water partition coefficient (Wildman–Crippen LogP) is 0.834. The number of fused-ring (bicyclic) bond motifs is 1. The Balaban J connectivity index is 1.70. The number of carbonyl (C=O) groups is 1. The van der Waals surface area contributed by atoms with Crippen molar-refractivity contribution in [3.05, 3.63) is 65.2 Å². The second-order valence-electron chi connectivity index (χ2n) is 4.75. The van der Waals surface area contributed by atoms with E-state index in [0.717, 1.165) is 11.1 Å². The van der Waals surface area contributed by atoms with Gasteiger partial charge in [0.25, 0.3) is 5.91 Å². The molecule has 0 bridgehead atoms.